The minimum absolute atomic E-state index is 0.0305. The Kier molecular flexibility index (Phi) is 8.03. The lowest BCUT2D eigenvalue weighted by atomic mass is 10.0. The summed E-state index contributed by atoms with van der Waals surface area (Å²) >= 11 is 0. The molecule has 0 spiro atoms. The molecule has 1 rings (SSSR count). The number of esters is 2. The van der Waals surface area contributed by atoms with Crippen molar-refractivity contribution in [2.45, 2.75) is 47.1 Å². The van der Waals surface area contributed by atoms with E-state index in [1.165, 1.54) is 25.1 Å². The molecule has 0 aliphatic carbocycles. The van der Waals surface area contributed by atoms with Crippen LogP contribution in [0.4, 0.5) is 0 Å². The summed E-state index contributed by atoms with van der Waals surface area (Å²) in [6.07, 6.45) is 1.29. The predicted molar refractivity (Wildman–Crippen MR) is 96.8 cm³/mol. The zero-order valence-electron chi connectivity index (χ0n) is 15.9. The Morgan fingerprint density at radius 2 is 1.85 bits per heavy atom. The first-order chi connectivity index (χ1) is 12.1. The number of carbonyl (C=O) groups is 3. The van der Waals surface area contributed by atoms with Gasteiger partial charge in [-0.05, 0) is 51.0 Å². The predicted octanol–water partition coefficient (Wildman–Crippen LogP) is 3.73. The fourth-order valence-corrected chi connectivity index (χ4v) is 2.25. The fourth-order valence-electron chi connectivity index (χ4n) is 2.25. The Morgan fingerprint density at radius 1 is 1.19 bits per heavy atom. The summed E-state index contributed by atoms with van der Waals surface area (Å²) < 4.78 is 10.3. The van der Waals surface area contributed by atoms with Crippen molar-refractivity contribution in [3.8, 4) is 5.75 Å². The van der Waals surface area contributed by atoms with Gasteiger partial charge in [-0.25, -0.2) is 0 Å². The second-order valence-electron chi connectivity index (χ2n) is 6.35. The van der Waals surface area contributed by atoms with E-state index in [9.17, 15) is 19.5 Å². The van der Waals surface area contributed by atoms with Crippen molar-refractivity contribution in [3.05, 3.63) is 41.0 Å². The monoisotopic (exact) mass is 362 g/mol. The summed E-state index contributed by atoms with van der Waals surface area (Å²) in [4.78, 5) is 35.4. The molecule has 26 heavy (non-hydrogen) atoms. The van der Waals surface area contributed by atoms with Gasteiger partial charge >= 0.3 is 11.9 Å². The van der Waals surface area contributed by atoms with E-state index in [1.54, 1.807) is 33.8 Å². The number of benzene rings is 1. The third-order valence-electron chi connectivity index (χ3n) is 3.78. The molecule has 142 valence electrons. The van der Waals surface area contributed by atoms with Crippen molar-refractivity contribution in [2.24, 2.45) is 5.92 Å². The van der Waals surface area contributed by atoms with Gasteiger partial charge in [0.1, 0.15) is 18.5 Å². The van der Waals surface area contributed by atoms with Crippen LogP contribution in [-0.4, -0.2) is 29.4 Å². The molecule has 0 amide bonds. The lowest BCUT2D eigenvalue weighted by Gasteiger charge is -2.19. The molecule has 1 aromatic carbocycles. The minimum atomic E-state index is -0.618. The van der Waals surface area contributed by atoms with Crippen molar-refractivity contribution < 1.29 is 29.0 Å². The molecule has 6 heteroatoms. The normalized spacial score (nSPS) is 12.7. The van der Waals surface area contributed by atoms with E-state index >= 15 is 0 Å². The third kappa shape index (κ3) is 6.35. The summed E-state index contributed by atoms with van der Waals surface area (Å²) in [7, 11) is 0. The van der Waals surface area contributed by atoms with Gasteiger partial charge in [0.05, 0.1) is 11.5 Å². The van der Waals surface area contributed by atoms with Crippen LogP contribution in [0.3, 0.4) is 0 Å². The molecule has 0 aliphatic heterocycles. The van der Waals surface area contributed by atoms with Crippen LogP contribution in [-0.2, 0) is 19.1 Å². The van der Waals surface area contributed by atoms with E-state index in [0.29, 0.717) is 12.0 Å². The van der Waals surface area contributed by atoms with Crippen LogP contribution in [0.1, 0.15) is 63.1 Å². The van der Waals surface area contributed by atoms with Gasteiger partial charge in [-0.1, -0.05) is 18.6 Å². The Balaban J connectivity index is 2.91. The molecule has 0 radical (unpaired) electrons. The van der Waals surface area contributed by atoms with Crippen LogP contribution >= 0.6 is 0 Å². The standard InChI is InChI=1S/C20H26O6/c1-6-15(11-25-14(5)21)20(24)26-13(4)16-7-8-18(22)17(10-16)19(23)9-12(2)3/h7-10,13,15,22H,6,11H2,1-5H3/t13-,15+/m1/s1. The molecule has 0 bridgehead atoms. The number of phenolic OH excluding ortho intramolecular Hbond substituents is 1. The Hall–Kier alpha value is -2.63. The van der Waals surface area contributed by atoms with Crippen LogP contribution < -0.4 is 0 Å². The lowest BCUT2D eigenvalue weighted by Crippen LogP contribution is -2.24. The highest BCUT2D eigenvalue weighted by Gasteiger charge is 2.23. The summed E-state index contributed by atoms with van der Waals surface area (Å²) in [5.41, 5.74) is 1.55. The topological polar surface area (TPSA) is 89.9 Å². The molecule has 0 aromatic heterocycles. The maximum absolute atomic E-state index is 12.3. The number of rotatable bonds is 8. The van der Waals surface area contributed by atoms with Crippen molar-refractivity contribution in [3.63, 3.8) is 0 Å². The van der Waals surface area contributed by atoms with Gasteiger partial charge in [-0.15, -0.1) is 0 Å². The van der Waals surface area contributed by atoms with Gasteiger partial charge in [0.25, 0.3) is 0 Å². The highest BCUT2D eigenvalue weighted by molar-refractivity contribution is 6.06. The zero-order chi connectivity index (χ0) is 19.9. The van der Waals surface area contributed by atoms with Crippen molar-refractivity contribution in [1.82, 2.24) is 0 Å². The van der Waals surface area contributed by atoms with Crippen molar-refractivity contribution in [1.29, 1.82) is 0 Å². The fraction of sp³-hybridized carbons (Fsp3) is 0.450. The molecule has 0 aliphatic rings. The van der Waals surface area contributed by atoms with Crippen LogP contribution in [0.2, 0.25) is 0 Å². The minimum Gasteiger partial charge on any atom is -0.507 e. The van der Waals surface area contributed by atoms with Crippen LogP contribution in [0.15, 0.2) is 29.8 Å². The van der Waals surface area contributed by atoms with Crippen LogP contribution in [0.25, 0.3) is 0 Å². The summed E-state index contributed by atoms with van der Waals surface area (Å²) in [5.74, 6) is -1.93. The Morgan fingerprint density at radius 3 is 2.38 bits per heavy atom. The number of ketones is 1. The second kappa shape index (κ2) is 9.75. The molecule has 1 N–H and O–H groups in total. The van der Waals surface area contributed by atoms with Gasteiger partial charge in [0, 0.05) is 6.92 Å². The first-order valence-electron chi connectivity index (χ1n) is 8.51. The molecular weight excluding hydrogens is 336 g/mol. The molecule has 0 saturated carbocycles. The maximum Gasteiger partial charge on any atom is 0.312 e. The lowest BCUT2D eigenvalue weighted by molar-refractivity contribution is -0.158. The number of aromatic hydroxyl groups is 1. The Bertz CT molecular complexity index is 700. The molecule has 6 nitrogen and oxygen atoms in total. The first kappa shape index (κ1) is 21.4. The van der Waals surface area contributed by atoms with E-state index in [1.807, 2.05) is 0 Å². The van der Waals surface area contributed by atoms with Gasteiger partial charge in [-0.3, -0.25) is 14.4 Å². The summed E-state index contributed by atoms with van der Waals surface area (Å²) in [6.45, 7) is 8.31. The second-order valence-corrected chi connectivity index (χ2v) is 6.35. The molecule has 0 unspecified atom stereocenters. The maximum atomic E-state index is 12.3. The number of allylic oxidation sites excluding steroid dienone is 2. The molecular formula is C20H26O6. The van der Waals surface area contributed by atoms with Crippen molar-refractivity contribution >= 4 is 17.7 Å². The Labute approximate surface area is 153 Å². The highest BCUT2D eigenvalue weighted by atomic mass is 16.6. The quantitative estimate of drug-likeness (QED) is 0.430. The van der Waals surface area contributed by atoms with Crippen molar-refractivity contribution in [2.75, 3.05) is 6.61 Å². The number of ether oxygens (including phenoxy) is 2. The molecule has 0 fully saturated rings. The number of hydrogen-bond donors (Lipinski definition) is 1. The van der Waals surface area contributed by atoms with Crippen LogP contribution in [0.5, 0.6) is 5.75 Å². The molecule has 0 heterocycles. The highest BCUT2D eigenvalue weighted by Crippen LogP contribution is 2.26. The average molecular weight is 362 g/mol. The van der Waals surface area contributed by atoms with Gasteiger partial charge in [-0.2, -0.15) is 0 Å². The number of hydrogen-bond acceptors (Lipinski definition) is 6. The summed E-state index contributed by atoms with van der Waals surface area (Å²) in [5, 5.41) is 9.92. The first-order valence-corrected chi connectivity index (χ1v) is 8.51. The molecule has 2 atom stereocenters. The van der Waals surface area contributed by atoms with E-state index < -0.39 is 24.0 Å². The largest absolute Gasteiger partial charge is 0.507 e. The van der Waals surface area contributed by atoms with Gasteiger partial charge in [0.2, 0.25) is 0 Å². The average Bonchev–Trinajstić information content (AvgIpc) is 2.54. The van der Waals surface area contributed by atoms with Crippen LogP contribution in [0, 0.1) is 5.92 Å². The zero-order valence-corrected chi connectivity index (χ0v) is 15.9. The van der Waals surface area contributed by atoms with Gasteiger partial charge in [0.15, 0.2) is 5.78 Å². The van der Waals surface area contributed by atoms with E-state index in [0.717, 1.165) is 5.57 Å². The SMILES string of the molecule is CC[C@@H](COC(C)=O)C(=O)O[C@H](C)c1ccc(O)c(C(=O)C=C(C)C)c1. The molecule has 1 aromatic rings. The number of carbonyl (C=O) groups excluding carboxylic acids is 3. The van der Waals surface area contributed by atoms with Gasteiger partial charge < -0.3 is 14.6 Å². The smallest absolute Gasteiger partial charge is 0.312 e. The van der Waals surface area contributed by atoms with E-state index in [4.69, 9.17) is 9.47 Å². The number of phenols is 1. The molecule has 0 saturated heterocycles. The van der Waals surface area contributed by atoms with E-state index in [-0.39, 0.29) is 23.7 Å². The summed E-state index contributed by atoms with van der Waals surface area (Å²) in [6, 6.07) is 4.52. The van der Waals surface area contributed by atoms with E-state index in [2.05, 4.69) is 0 Å². The third-order valence-corrected chi connectivity index (χ3v) is 3.78.